The molecule has 2 nitrogen and oxygen atoms in total. The highest BCUT2D eigenvalue weighted by atomic mass is 28.3. The summed E-state index contributed by atoms with van der Waals surface area (Å²) in [5.74, 6) is 0.699. The van der Waals surface area contributed by atoms with E-state index in [0.29, 0.717) is 5.92 Å². The molecule has 0 aliphatic carbocycles. The van der Waals surface area contributed by atoms with E-state index in [1.165, 1.54) is 0 Å². The molecule has 0 saturated carbocycles. The Morgan fingerprint density at radius 2 is 1.55 bits per heavy atom. The maximum atomic E-state index is 5.51. The first-order chi connectivity index (χ1) is 5.20. The van der Waals surface area contributed by atoms with Gasteiger partial charge in [-0.2, -0.15) is 0 Å². The Kier molecular flexibility index (Phi) is 6.91. The Hall–Kier alpha value is 0.137. The quantitative estimate of drug-likeness (QED) is 0.576. The second-order valence-corrected chi connectivity index (χ2v) is 4.97. The lowest BCUT2D eigenvalue weighted by Crippen LogP contribution is -2.24. The Bertz CT molecular complexity index is 80.2. The molecule has 0 radical (unpaired) electrons. The van der Waals surface area contributed by atoms with Gasteiger partial charge >= 0.3 is 9.28 Å². The van der Waals surface area contributed by atoms with E-state index in [9.17, 15) is 0 Å². The average Bonchev–Trinajstić information content (AvgIpc) is 1.87. The summed E-state index contributed by atoms with van der Waals surface area (Å²) in [5, 5.41) is 0. The predicted molar refractivity (Wildman–Crippen MR) is 50.0 cm³/mol. The molecular weight excluding hydrogens is 156 g/mol. The van der Waals surface area contributed by atoms with Gasteiger partial charge in [0.15, 0.2) is 0 Å². The number of hydrogen-bond acceptors (Lipinski definition) is 2. The average molecular weight is 176 g/mol. The fraction of sp³-hybridized carbons (Fsp3) is 1.00. The molecule has 0 bridgehead atoms. The topological polar surface area (TPSA) is 18.5 Å². The zero-order valence-corrected chi connectivity index (χ0v) is 9.25. The van der Waals surface area contributed by atoms with Crippen molar-refractivity contribution in [3.8, 4) is 0 Å². The molecule has 0 rings (SSSR count). The van der Waals surface area contributed by atoms with Gasteiger partial charge in [0, 0.05) is 13.2 Å². The van der Waals surface area contributed by atoms with E-state index in [4.69, 9.17) is 8.85 Å². The van der Waals surface area contributed by atoms with Crippen LogP contribution in [0, 0.1) is 5.92 Å². The van der Waals surface area contributed by atoms with Gasteiger partial charge in [-0.15, -0.1) is 0 Å². The summed E-state index contributed by atoms with van der Waals surface area (Å²) in [6, 6.07) is 1.13. The minimum Gasteiger partial charge on any atom is -0.397 e. The zero-order chi connectivity index (χ0) is 8.69. The summed E-state index contributed by atoms with van der Waals surface area (Å²) < 4.78 is 11.0. The van der Waals surface area contributed by atoms with Gasteiger partial charge in [-0.05, 0) is 25.8 Å². The molecule has 3 heteroatoms. The van der Waals surface area contributed by atoms with E-state index in [1.54, 1.807) is 0 Å². The monoisotopic (exact) mass is 176 g/mol. The van der Waals surface area contributed by atoms with E-state index >= 15 is 0 Å². The van der Waals surface area contributed by atoms with E-state index < -0.39 is 9.28 Å². The molecule has 0 amide bonds. The number of rotatable bonds is 6. The second kappa shape index (κ2) is 6.82. The minimum absolute atomic E-state index is 0.699. The van der Waals surface area contributed by atoms with Crippen molar-refractivity contribution in [1.82, 2.24) is 0 Å². The van der Waals surface area contributed by atoms with Crippen LogP contribution in [0.15, 0.2) is 0 Å². The van der Waals surface area contributed by atoms with Crippen molar-refractivity contribution in [2.75, 3.05) is 13.2 Å². The smallest absolute Gasteiger partial charge is 0.321 e. The van der Waals surface area contributed by atoms with Gasteiger partial charge in [0.25, 0.3) is 0 Å². The lowest BCUT2D eigenvalue weighted by molar-refractivity contribution is 0.210. The first-order valence-electron chi connectivity index (χ1n) is 4.43. The Labute approximate surface area is 71.7 Å². The molecule has 0 fully saturated rings. The summed E-state index contributed by atoms with van der Waals surface area (Å²) >= 11 is 0. The standard InChI is InChI=1S/C8H20O2Si/c1-5-9-11(10-6-2)7-8(3)4/h8,11H,5-7H2,1-4H3. The lowest BCUT2D eigenvalue weighted by Gasteiger charge is -2.16. The van der Waals surface area contributed by atoms with Crippen LogP contribution in [0.1, 0.15) is 27.7 Å². The largest absolute Gasteiger partial charge is 0.397 e. The van der Waals surface area contributed by atoms with Crippen molar-refractivity contribution >= 4 is 9.28 Å². The SMILES string of the molecule is CCO[SiH](CC(C)C)OCC. The maximum Gasteiger partial charge on any atom is 0.321 e. The zero-order valence-electron chi connectivity index (χ0n) is 8.09. The van der Waals surface area contributed by atoms with E-state index in [-0.39, 0.29) is 0 Å². The van der Waals surface area contributed by atoms with Crippen molar-refractivity contribution in [1.29, 1.82) is 0 Å². The van der Waals surface area contributed by atoms with Crippen LogP contribution < -0.4 is 0 Å². The Morgan fingerprint density at radius 1 is 1.09 bits per heavy atom. The third kappa shape index (κ3) is 6.53. The van der Waals surface area contributed by atoms with Crippen LogP contribution in [-0.4, -0.2) is 22.5 Å². The molecular formula is C8H20O2Si. The van der Waals surface area contributed by atoms with Gasteiger partial charge < -0.3 is 8.85 Å². The van der Waals surface area contributed by atoms with Crippen LogP contribution in [0.5, 0.6) is 0 Å². The van der Waals surface area contributed by atoms with Crippen LogP contribution in [0.3, 0.4) is 0 Å². The normalized spacial score (nSPS) is 11.5. The summed E-state index contributed by atoms with van der Waals surface area (Å²) in [6.07, 6.45) is 0. The molecule has 0 spiro atoms. The van der Waals surface area contributed by atoms with Crippen molar-refractivity contribution < 1.29 is 8.85 Å². The van der Waals surface area contributed by atoms with Crippen LogP contribution in [0.25, 0.3) is 0 Å². The van der Waals surface area contributed by atoms with Crippen LogP contribution in [0.4, 0.5) is 0 Å². The van der Waals surface area contributed by atoms with Gasteiger partial charge in [-0.1, -0.05) is 13.8 Å². The van der Waals surface area contributed by atoms with Crippen LogP contribution in [0.2, 0.25) is 6.04 Å². The molecule has 0 N–H and O–H groups in total. The summed E-state index contributed by atoms with van der Waals surface area (Å²) in [7, 11) is -1.29. The molecule has 11 heavy (non-hydrogen) atoms. The van der Waals surface area contributed by atoms with Gasteiger partial charge in [0.1, 0.15) is 0 Å². The summed E-state index contributed by atoms with van der Waals surface area (Å²) in [5.41, 5.74) is 0. The fourth-order valence-electron chi connectivity index (χ4n) is 0.941. The molecule has 0 aliphatic rings. The van der Waals surface area contributed by atoms with E-state index in [1.807, 2.05) is 13.8 Å². The Morgan fingerprint density at radius 3 is 1.82 bits per heavy atom. The molecule has 68 valence electrons. The highest BCUT2D eigenvalue weighted by Gasteiger charge is 2.13. The van der Waals surface area contributed by atoms with Crippen molar-refractivity contribution in [3.63, 3.8) is 0 Å². The third-order valence-electron chi connectivity index (χ3n) is 1.37. The summed E-state index contributed by atoms with van der Waals surface area (Å²) in [6.45, 7) is 10.1. The molecule has 0 atom stereocenters. The van der Waals surface area contributed by atoms with Crippen molar-refractivity contribution in [2.45, 2.75) is 33.7 Å². The predicted octanol–water partition coefficient (Wildman–Crippen LogP) is 1.94. The molecule has 0 heterocycles. The third-order valence-corrected chi connectivity index (χ3v) is 4.11. The fourth-order valence-corrected chi connectivity index (χ4v) is 2.82. The lowest BCUT2D eigenvalue weighted by atomic mass is 10.3. The van der Waals surface area contributed by atoms with Crippen LogP contribution in [-0.2, 0) is 8.85 Å². The van der Waals surface area contributed by atoms with Gasteiger partial charge in [-0.3, -0.25) is 0 Å². The minimum atomic E-state index is -1.29. The van der Waals surface area contributed by atoms with Gasteiger partial charge in [0.2, 0.25) is 0 Å². The molecule has 0 aromatic heterocycles. The highest BCUT2D eigenvalue weighted by Crippen LogP contribution is 2.07. The van der Waals surface area contributed by atoms with Crippen LogP contribution >= 0.6 is 0 Å². The van der Waals surface area contributed by atoms with E-state index in [0.717, 1.165) is 19.3 Å². The van der Waals surface area contributed by atoms with Crippen molar-refractivity contribution in [2.24, 2.45) is 5.92 Å². The molecule has 0 aliphatic heterocycles. The van der Waals surface area contributed by atoms with Gasteiger partial charge in [-0.25, -0.2) is 0 Å². The Balaban J connectivity index is 3.50. The first-order valence-corrected chi connectivity index (χ1v) is 6.19. The molecule has 0 saturated heterocycles. The van der Waals surface area contributed by atoms with Crippen molar-refractivity contribution in [3.05, 3.63) is 0 Å². The first kappa shape index (κ1) is 11.1. The highest BCUT2D eigenvalue weighted by molar-refractivity contribution is 6.44. The van der Waals surface area contributed by atoms with Gasteiger partial charge in [0.05, 0.1) is 0 Å². The molecule has 0 unspecified atom stereocenters. The molecule has 0 aromatic carbocycles. The van der Waals surface area contributed by atoms with E-state index in [2.05, 4.69) is 13.8 Å². The summed E-state index contributed by atoms with van der Waals surface area (Å²) in [4.78, 5) is 0. The second-order valence-electron chi connectivity index (χ2n) is 2.97. The molecule has 0 aromatic rings. The number of hydrogen-bond donors (Lipinski definition) is 0. The maximum absolute atomic E-state index is 5.51.